The van der Waals surface area contributed by atoms with E-state index in [4.69, 9.17) is 4.74 Å². The molecule has 0 spiro atoms. The number of aryl methyl sites for hydroxylation is 1. The molecule has 0 aliphatic carbocycles. The van der Waals surface area contributed by atoms with Gasteiger partial charge in [-0.3, -0.25) is 9.59 Å². The zero-order chi connectivity index (χ0) is 14.1. The molecule has 0 aromatic heterocycles. The van der Waals surface area contributed by atoms with Crippen LogP contribution in [0.3, 0.4) is 0 Å². The van der Waals surface area contributed by atoms with Crippen LogP contribution in [0.5, 0.6) is 0 Å². The third-order valence-corrected chi connectivity index (χ3v) is 4.08. The molecule has 0 bridgehead atoms. The molecule has 0 saturated carbocycles. The van der Waals surface area contributed by atoms with Gasteiger partial charge in [-0.25, -0.2) is 0 Å². The summed E-state index contributed by atoms with van der Waals surface area (Å²) < 4.78 is 5.48. The number of carbonyl (C=O) groups excluding carboxylic acids is 2. The van der Waals surface area contributed by atoms with Gasteiger partial charge in [0.15, 0.2) is 5.78 Å². The van der Waals surface area contributed by atoms with Gasteiger partial charge in [-0.15, -0.1) is 0 Å². The van der Waals surface area contributed by atoms with Crippen molar-refractivity contribution < 1.29 is 14.3 Å². The highest BCUT2D eigenvalue weighted by Gasteiger charge is 2.29. The van der Waals surface area contributed by atoms with E-state index in [0.717, 1.165) is 36.1 Å². The molecule has 1 saturated heterocycles. The van der Waals surface area contributed by atoms with Crippen LogP contribution in [0.1, 0.15) is 42.1 Å². The Kier molecular flexibility index (Phi) is 3.57. The first-order chi connectivity index (χ1) is 9.63. The predicted octanol–water partition coefficient (Wildman–Crippen LogP) is 2.57. The zero-order valence-electron chi connectivity index (χ0n) is 11.6. The largest absolute Gasteiger partial charge is 0.378 e. The van der Waals surface area contributed by atoms with Crippen LogP contribution in [0, 0.1) is 5.92 Å². The third kappa shape index (κ3) is 2.61. The van der Waals surface area contributed by atoms with E-state index in [1.807, 2.05) is 25.1 Å². The molecule has 4 nitrogen and oxygen atoms in total. The lowest BCUT2D eigenvalue weighted by atomic mass is 9.93. The minimum Gasteiger partial charge on any atom is -0.378 e. The number of amides is 1. The van der Waals surface area contributed by atoms with Crippen molar-refractivity contribution in [2.75, 3.05) is 11.9 Å². The second-order valence-electron chi connectivity index (χ2n) is 5.71. The van der Waals surface area contributed by atoms with Crippen molar-refractivity contribution in [2.45, 2.75) is 38.7 Å². The number of carbonyl (C=O) groups is 2. The van der Waals surface area contributed by atoms with E-state index < -0.39 is 0 Å². The summed E-state index contributed by atoms with van der Waals surface area (Å²) in [7, 11) is 0. The van der Waals surface area contributed by atoms with Crippen LogP contribution in [-0.2, 0) is 16.0 Å². The van der Waals surface area contributed by atoms with Gasteiger partial charge >= 0.3 is 0 Å². The topological polar surface area (TPSA) is 55.4 Å². The van der Waals surface area contributed by atoms with E-state index in [9.17, 15) is 9.59 Å². The SMILES string of the molecule is CC1CC(C(=O)c2ccc3c(c2)CCCC(=O)N3)CO1. The minimum absolute atomic E-state index is 0.0246. The summed E-state index contributed by atoms with van der Waals surface area (Å²) in [5, 5.41) is 2.89. The Hall–Kier alpha value is -1.68. The molecule has 1 aromatic carbocycles. The van der Waals surface area contributed by atoms with Gasteiger partial charge in [-0.1, -0.05) is 0 Å². The predicted molar refractivity (Wildman–Crippen MR) is 75.9 cm³/mol. The van der Waals surface area contributed by atoms with Crippen molar-refractivity contribution in [3.05, 3.63) is 29.3 Å². The van der Waals surface area contributed by atoms with Gasteiger partial charge in [0.05, 0.1) is 12.7 Å². The summed E-state index contributed by atoms with van der Waals surface area (Å²) in [6.07, 6.45) is 3.19. The minimum atomic E-state index is -0.0246. The number of hydrogen-bond donors (Lipinski definition) is 1. The van der Waals surface area contributed by atoms with Crippen molar-refractivity contribution in [3.8, 4) is 0 Å². The monoisotopic (exact) mass is 273 g/mol. The lowest BCUT2D eigenvalue weighted by Gasteiger charge is -2.11. The molecule has 2 heterocycles. The number of rotatable bonds is 2. The van der Waals surface area contributed by atoms with Crippen molar-refractivity contribution in [3.63, 3.8) is 0 Å². The second kappa shape index (κ2) is 5.37. The molecule has 2 aliphatic rings. The first-order valence-electron chi connectivity index (χ1n) is 7.22. The lowest BCUT2D eigenvalue weighted by molar-refractivity contribution is -0.116. The van der Waals surface area contributed by atoms with E-state index in [1.54, 1.807) is 0 Å². The summed E-state index contributed by atoms with van der Waals surface area (Å²) in [6, 6.07) is 5.60. The number of benzene rings is 1. The highest BCUT2D eigenvalue weighted by atomic mass is 16.5. The van der Waals surface area contributed by atoms with Crippen LogP contribution in [0.15, 0.2) is 18.2 Å². The fraction of sp³-hybridized carbons (Fsp3) is 0.500. The molecule has 1 N–H and O–H groups in total. The van der Waals surface area contributed by atoms with E-state index in [-0.39, 0.29) is 23.7 Å². The number of anilines is 1. The molecule has 1 fully saturated rings. The van der Waals surface area contributed by atoms with Crippen LogP contribution in [-0.4, -0.2) is 24.4 Å². The third-order valence-electron chi connectivity index (χ3n) is 4.08. The normalized spacial score (nSPS) is 25.8. The van der Waals surface area contributed by atoms with Crippen molar-refractivity contribution in [2.24, 2.45) is 5.92 Å². The van der Waals surface area contributed by atoms with Crippen LogP contribution in [0.2, 0.25) is 0 Å². The van der Waals surface area contributed by atoms with Crippen molar-refractivity contribution in [1.82, 2.24) is 0 Å². The van der Waals surface area contributed by atoms with E-state index >= 15 is 0 Å². The van der Waals surface area contributed by atoms with Gasteiger partial charge in [0.2, 0.25) is 5.91 Å². The average molecular weight is 273 g/mol. The number of ketones is 1. The first kappa shape index (κ1) is 13.3. The van der Waals surface area contributed by atoms with Gasteiger partial charge in [0, 0.05) is 23.6 Å². The Balaban J connectivity index is 1.83. The molecule has 2 unspecified atom stereocenters. The molecular formula is C16H19NO3. The highest BCUT2D eigenvalue weighted by molar-refractivity contribution is 5.99. The first-order valence-corrected chi connectivity index (χ1v) is 7.22. The standard InChI is InChI=1S/C16H19NO3/c1-10-7-13(9-20-10)16(19)12-5-6-14-11(8-12)3-2-4-15(18)17-14/h5-6,8,10,13H,2-4,7,9H2,1H3,(H,17,18). The van der Waals surface area contributed by atoms with Crippen LogP contribution in [0.4, 0.5) is 5.69 Å². The average Bonchev–Trinajstić information content (AvgIpc) is 2.77. The second-order valence-corrected chi connectivity index (χ2v) is 5.71. The summed E-state index contributed by atoms with van der Waals surface area (Å²) >= 11 is 0. The van der Waals surface area contributed by atoms with Crippen LogP contribution in [0.25, 0.3) is 0 Å². The quantitative estimate of drug-likeness (QED) is 0.843. The molecule has 3 rings (SSSR count). The van der Waals surface area contributed by atoms with Gasteiger partial charge in [0.1, 0.15) is 0 Å². The van der Waals surface area contributed by atoms with Gasteiger partial charge in [0.25, 0.3) is 0 Å². The molecular weight excluding hydrogens is 254 g/mol. The zero-order valence-corrected chi connectivity index (χ0v) is 11.6. The fourth-order valence-corrected chi connectivity index (χ4v) is 2.96. The summed E-state index contributed by atoms with van der Waals surface area (Å²) in [5.41, 5.74) is 2.65. The number of hydrogen-bond acceptors (Lipinski definition) is 3. The molecule has 1 aromatic rings. The Morgan fingerprint density at radius 2 is 2.20 bits per heavy atom. The lowest BCUT2D eigenvalue weighted by Crippen LogP contribution is -2.15. The maximum Gasteiger partial charge on any atom is 0.224 e. The van der Waals surface area contributed by atoms with Gasteiger partial charge in [-0.05, 0) is 49.9 Å². The Morgan fingerprint density at radius 3 is 2.95 bits per heavy atom. The molecule has 2 aliphatic heterocycles. The van der Waals surface area contributed by atoms with E-state index in [2.05, 4.69) is 5.32 Å². The maximum atomic E-state index is 12.5. The molecule has 2 atom stereocenters. The van der Waals surface area contributed by atoms with Crippen LogP contribution < -0.4 is 5.32 Å². The summed E-state index contributed by atoms with van der Waals surface area (Å²) in [5.74, 6) is 0.192. The summed E-state index contributed by atoms with van der Waals surface area (Å²) in [6.45, 7) is 2.52. The molecule has 1 amide bonds. The number of Topliss-reactive ketones (excluding diaryl/α,β-unsaturated/α-hetero) is 1. The Morgan fingerprint density at radius 1 is 1.35 bits per heavy atom. The Labute approximate surface area is 118 Å². The molecule has 20 heavy (non-hydrogen) atoms. The number of fused-ring (bicyclic) bond motifs is 1. The number of nitrogens with one attached hydrogen (secondary N) is 1. The Bertz CT molecular complexity index is 553. The van der Waals surface area contributed by atoms with Crippen LogP contribution >= 0.6 is 0 Å². The van der Waals surface area contributed by atoms with Crippen molar-refractivity contribution in [1.29, 1.82) is 0 Å². The van der Waals surface area contributed by atoms with Gasteiger partial charge < -0.3 is 10.1 Å². The van der Waals surface area contributed by atoms with E-state index in [1.165, 1.54) is 0 Å². The van der Waals surface area contributed by atoms with Gasteiger partial charge in [-0.2, -0.15) is 0 Å². The molecule has 4 heteroatoms. The maximum absolute atomic E-state index is 12.5. The fourth-order valence-electron chi connectivity index (χ4n) is 2.96. The van der Waals surface area contributed by atoms with Crippen molar-refractivity contribution >= 4 is 17.4 Å². The van der Waals surface area contributed by atoms with E-state index in [0.29, 0.717) is 13.0 Å². The smallest absolute Gasteiger partial charge is 0.224 e. The molecule has 106 valence electrons. The summed E-state index contributed by atoms with van der Waals surface area (Å²) in [4.78, 5) is 24.0. The molecule has 0 radical (unpaired) electrons. The highest BCUT2D eigenvalue weighted by Crippen LogP contribution is 2.27. The number of ether oxygens (including phenoxy) is 1.